The smallest absolute Gasteiger partial charge is 0.140 e. The van der Waals surface area contributed by atoms with E-state index in [9.17, 15) is 0 Å². The van der Waals surface area contributed by atoms with Crippen LogP contribution >= 0.6 is 0 Å². The third kappa shape index (κ3) is 2.19. The van der Waals surface area contributed by atoms with Crippen molar-refractivity contribution in [2.24, 2.45) is 0 Å². The first-order valence-corrected chi connectivity index (χ1v) is 6.66. The van der Waals surface area contributed by atoms with Crippen LogP contribution in [0.1, 0.15) is 22.4 Å². The second-order valence-corrected chi connectivity index (χ2v) is 5.17. The Labute approximate surface area is 118 Å². The molecule has 0 bridgehead atoms. The van der Waals surface area contributed by atoms with Crippen LogP contribution in [-0.2, 0) is 13.0 Å². The minimum absolute atomic E-state index is 0.463. The number of nitriles is 1. The lowest BCUT2D eigenvalue weighted by molar-refractivity contribution is 0.834. The lowest BCUT2D eigenvalue weighted by Gasteiger charge is -2.20. The number of nitrogens with two attached hydrogens (primary N) is 1. The Bertz CT molecular complexity index is 700. The third-order valence-electron chi connectivity index (χ3n) is 3.77. The van der Waals surface area contributed by atoms with E-state index in [0.717, 1.165) is 36.3 Å². The Morgan fingerprint density at radius 1 is 1.40 bits per heavy atom. The van der Waals surface area contributed by atoms with Crippen molar-refractivity contribution in [3.63, 3.8) is 0 Å². The van der Waals surface area contributed by atoms with Crippen LogP contribution in [0.3, 0.4) is 0 Å². The Hall–Kier alpha value is -2.54. The fraction of sp³-hybridized carbons (Fsp3) is 0.250. The van der Waals surface area contributed by atoms with Gasteiger partial charge in [-0.2, -0.15) is 5.26 Å². The van der Waals surface area contributed by atoms with Crippen LogP contribution < -0.4 is 10.6 Å². The van der Waals surface area contributed by atoms with Gasteiger partial charge in [-0.3, -0.25) is 0 Å². The molecule has 4 heteroatoms. The molecule has 2 heterocycles. The average Bonchev–Trinajstić information content (AvgIpc) is 2.82. The Kier molecular flexibility index (Phi) is 3.03. The maximum atomic E-state index is 8.90. The lowest BCUT2D eigenvalue weighted by atomic mass is 10.1. The summed E-state index contributed by atoms with van der Waals surface area (Å²) in [7, 11) is 0. The SMILES string of the molecule is Cc1cc2c(cc1N)N(Cc1ccnc(C#N)c1)CC2. The molecule has 2 aromatic rings. The predicted molar refractivity (Wildman–Crippen MR) is 79.3 cm³/mol. The number of rotatable bonds is 2. The topological polar surface area (TPSA) is 65.9 Å². The second kappa shape index (κ2) is 4.86. The number of fused-ring (bicyclic) bond motifs is 1. The summed E-state index contributed by atoms with van der Waals surface area (Å²) in [6.07, 6.45) is 2.74. The summed E-state index contributed by atoms with van der Waals surface area (Å²) in [4.78, 5) is 6.31. The van der Waals surface area contributed by atoms with E-state index in [4.69, 9.17) is 11.0 Å². The van der Waals surface area contributed by atoms with Gasteiger partial charge in [0.1, 0.15) is 11.8 Å². The first kappa shape index (κ1) is 12.5. The van der Waals surface area contributed by atoms with Crippen LogP contribution in [0.25, 0.3) is 0 Å². The van der Waals surface area contributed by atoms with E-state index in [1.165, 1.54) is 11.3 Å². The molecule has 1 aromatic carbocycles. The molecule has 0 amide bonds. The van der Waals surface area contributed by atoms with Crippen LogP contribution in [0.5, 0.6) is 0 Å². The summed E-state index contributed by atoms with van der Waals surface area (Å²) in [5.41, 5.74) is 12.1. The summed E-state index contributed by atoms with van der Waals surface area (Å²) in [6.45, 7) is 3.81. The minimum Gasteiger partial charge on any atom is -0.398 e. The van der Waals surface area contributed by atoms with Crippen molar-refractivity contribution in [1.29, 1.82) is 5.26 Å². The van der Waals surface area contributed by atoms with Crippen molar-refractivity contribution in [2.45, 2.75) is 19.9 Å². The van der Waals surface area contributed by atoms with Gasteiger partial charge in [-0.1, -0.05) is 6.07 Å². The van der Waals surface area contributed by atoms with Crippen LogP contribution in [0, 0.1) is 18.3 Å². The van der Waals surface area contributed by atoms with Crippen LogP contribution in [0.2, 0.25) is 0 Å². The lowest BCUT2D eigenvalue weighted by Crippen LogP contribution is -2.19. The number of hydrogen-bond acceptors (Lipinski definition) is 4. The molecule has 4 nitrogen and oxygen atoms in total. The molecular weight excluding hydrogens is 248 g/mol. The Morgan fingerprint density at radius 3 is 3.05 bits per heavy atom. The molecule has 0 saturated heterocycles. The van der Waals surface area contributed by atoms with Gasteiger partial charge in [-0.25, -0.2) is 4.98 Å². The van der Waals surface area contributed by atoms with Crippen molar-refractivity contribution >= 4 is 11.4 Å². The van der Waals surface area contributed by atoms with Gasteiger partial charge in [0.15, 0.2) is 0 Å². The van der Waals surface area contributed by atoms with E-state index in [1.54, 1.807) is 6.20 Å². The average molecular weight is 264 g/mol. The quantitative estimate of drug-likeness (QED) is 0.846. The molecule has 0 unspecified atom stereocenters. The molecule has 100 valence electrons. The van der Waals surface area contributed by atoms with Gasteiger partial charge in [0.2, 0.25) is 0 Å². The Morgan fingerprint density at radius 2 is 2.25 bits per heavy atom. The van der Waals surface area contributed by atoms with Gasteiger partial charge in [0, 0.05) is 30.7 Å². The second-order valence-electron chi connectivity index (χ2n) is 5.17. The van der Waals surface area contributed by atoms with Crippen LogP contribution in [0.4, 0.5) is 11.4 Å². The van der Waals surface area contributed by atoms with Crippen molar-refractivity contribution in [3.05, 3.63) is 52.8 Å². The van der Waals surface area contributed by atoms with E-state index in [2.05, 4.69) is 28.1 Å². The number of pyridine rings is 1. The van der Waals surface area contributed by atoms with Crippen molar-refractivity contribution in [1.82, 2.24) is 4.98 Å². The van der Waals surface area contributed by atoms with E-state index < -0.39 is 0 Å². The first-order valence-electron chi connectivity index (χ1n) is 6.66. The normalized spacial score (nSPS) is 13.1. The van der Waals surface area contributed by atoms with Gasteiger partial charge in [0.05, 0.1) is 0 Å². The zero-order valence-electron chi connectivity index (χ0n) is 11.4. The molecule has 3 rings (SSSR count). The highest BCUT2D eigenvalue weighted by atomic mass is 15.1. The molecule has 0 fully saturated rings. The van der Waals surface area contributed by atoms with Gasteiger partial charge >= 0.3 is 0 Å². The number of benzene rings is 1. The number of hydrogen-bond donors (Lipinski definition) is 1. The summed E-state index contributed by atoms with van der Waals surface area (Å²) in [6, 6.07) is 10.1. The number of nitrogens with zero attached hydrogens (tertiary/aromatic N) is 3. The summed E-state index contributed by atoms with van der Waals surface area (Å²) >= 11 is 0. The molecule has 1 aliphatic heterocycles. The molecule has 20 heavy (non-hydrogen) atoms. The highest BCUT2D eigenvalue weighted by molar-refractivity contribution is 5.67. The largest absolute Gasteiger partial charge is 0.398 e. The van der Waals surface area contributed by atoms with E-state index in [-0.39, 0.29) is 0 Å². The molecule has 1 aliphatic rings. The number of anilines is 2. The van der Waals surface area contributed by atoms with Gasteiger partial charge in [-0.15, -0.1) is 0 Å². The van der Waals surface area contributed by atoms with Crippen LogP contribution in [-0.4, -0.2) is 11.5 Å². The fourth-order valence-electron chi connectivity index (χ4n) is 2.66. The minimum atomic E-state index is 0.463. The zero-order valence-corrected chi connectivity index (χ0v) is 11.4. The summed E-state index contributed by atoms with van der Waals surface area (Å²) < 4.78 is 0. The van der Waals surface area contributed by atoms with E-state index in [0.29, 0.717) is 5.69 Å². The van der Waals surface area contributed by atoms with Gasteiger partial charge in [-0.05, 0) is 48.2 Å². The molecular formula is C16H16N4. The number of aromatic nitrogens is 1. The molecule has 1 aromatic heterocycles. The summed E-state index contributed by atoms with van der Waals surface area (Å²) in [5.74, 6) is 0. The van der Waals surface area contributed by atoms with E-state index >= 15 is 0 Å². The molecule has 0 radical (unpaired) electrons. The van der Waals surface area contributed by atoms with Gasteiger partial charge in [0.25, 0.3) is 0 Å². The summed E-state index contributed by atoms with van der Waals surface area (Å²) in [5, 5.41) is 8.90. The first-order chi connectivity index (χ1) is 9.67. The van der Waals surface area contributed by atoms with Crippen molar-refractivity contribution in [3.8, 4) is 6.07 Å². The third-order valence-corrected chi connectivity index (χ3v) is 3.77. The molecule has 0 saturated carbocycles. The highest BCUT2D eigenvalue weighted by Gasteiger charge is 2.20. The monoisotopic (exact) mass is 264 g/mol. The maximum Gasteiger partial charge on any atom is 0.140 e. The highest BCUT2D eigenvalue weighted by Crippen LogP contribution is 2.32. The maximum absolute atomic E-state index is 8.90. The number of nitrogen functional groups attached to an aromatic ring is 1. The van der Waals surface area contributed by atoms with Crippen molar-refractivity contribution < 1.29 is 0 Å². The van der Waals surface area contributed by atoms with Crippen LogP contribution in [0.15, 0.2) is 30.5 Å². The number of aryl methyl sites for hydroxylation is 1. The molecule has 0 aliphatic carbocycles. The standard InChI is InChI=1S/C16H16N4/c1-11-6-13-3-5-20(16(13)8-15(11)18)10-12-2-4-19-14(7-12)9-17/h2,4,6-8H,3,5,10,18H2,1H3. The Balaban J connectivity index is 1.88. The predicted octanol–water partition coefficient (Wildman–Crippen LogP) is 2.41. The van der Waals surface area contributed by atoms with E-state index in [1.807, 2.05) is 19.1 Å². The fourth-order valence-corrected chi connectivity index (χ4v) is 2.66. The molecule has 2 N–H and O–H groups in total. The molecule has 0 spiro atoms. The zero-order chi connectivity index (χ0) is 14.1. The van der Waals surface area contributed by atoms with Crippen molar-refractivity contribution in [2.75, 3.05) is 17.2 Å². The van der Waals surface area contributed by atoms with Gasteiger partial charge < -0.3 is 10.6 Å². The molecule has 0 atom stereocenters.